The van der Waals surface area contributed by atoms with Gasteiger partial charge in [-0.1, -0.05) is 25.1 Å². The van der Waals surface area contributed by atoms with Crippen molar-refractivity contribution in [3.63, 3.8) is 0 Å². The zero-order chi connectivity index (χ0) is 19.0. The first kappa shape index (κ1) is 20.7. The van der Waals surface area contributed by atoms with E-state index in [1.165, 1.54) is 4.31 Å². The van der Waals surface area contributed by atoms with Crippen LogP contribution in [0.4, 0.5) is 5.69 Å². The number of benzene rings is 1. The second-order valence-electron chi connectivity index (χ2n) is 6.42. The van der Waals surface area contributed by atoms with Crippen molar-refractivity contribution in [3.8, 4) is 0 Å². The van der Waals surface area contributed by atoms with Gasteiger partial charge in [-0.25, -0.2) is 8.42 Å². The summed E-state index contributed by atoms with van der Waals surface area (Å²) in [5.41, 5.74) is 0.505. The number of sulfonamides is 1. The molecule has 8 heteroatoms. The minimum atomic E-state index is -3.57. The van der Waals surface area contributed by atoms with Gasteiger partial charge in [0.05, 0.1) is 25.2 Å². The molecule has 0 aliphatic carbocycles. The molecule has 1 aliphatic heterocycles. The molecular formula is C18H29N3O4S. The first-order chi connectivity index (χ1) is 12.4. The predicted octanol–water partition coefficient (Wildman–Crippen LogP) is 1.07. The highest BCUT2D eigenvalue weighted by Crippen LogP contribution is 2.21. The monoisotopic (exact) mass is 383 g/mol. The third-order valence-electron chi connectivity index (χ3n) is 4.39. The van der Waals surface area contributed by atoms with Crippen molar-refractivity contribution in [1.82, 2.24) is 10.2 Å². The lowest BCUT2D eigenvalue weighted by atomic mass is 10.2. The molecule has 1 aromatic rings. The summed E-state index contributed by atoms with van der Waals surface area (Å²) in [5.74, 6) is -0.260. The molecule has 1 aromatic carbocycles. The second kappa shape index (κ2) is 9.89. The number of hydrogen-bond acceptors (Lipinski definition) is 5. The van der Waals surface area contributed by atoms with E-state index < -0.39 is 16.1 Å². The van der Waals surface area contributed by atoms with Gasteiger partial charge in [0.25, 0.3) is 0 Å². The zero-order valence-electron chi connectivity index (χ0n) is 15.6. The van der Waals surface area contributed by atoms with Crippen LogP contribution >= 0.6 is 0 Å². The van der Waals surface area contributed by atoms with Crippen LogP contribution in [0.25, 0.3) is 0 Å². The summed E-state index contributed by atoms with van der Waals surface area (Å²) in [4.78, 5) is 14.9. The topological polar surface area (TPSA) is 79.0 Å². The zero-order valence-corrected chi connectivity index (χ0v) is 16.4. The molecule has 0 saturated carbocycles. The Morgan fingerprint density at radius 3 is 2.50 bits per heavy atom. The van der Waals surface area contributed by atoms with Crippen molar-refractivity contribution in [2.75, 3.05) is 50.0 Å². The van der Waals surface area contributed by atoms with Crippen molar-refractivity contribution in [1.29, 1.82) is 0 Å². The molecule has 1 unspecified atom stereocenters. The maximum atomic E-state index is 12.6. The average molecular weight is 384 g/mol. The van der Waals surface area contributed by atoms with Crippen molar-refractivity contribution in [3.05, 3.63) is 30.3 Å². The van der Waals surface area contributed by atoms with Crippen LogP contribution in [0, 0.1) is 0 Å². The van der Waals surface area contributed by atoms with Crippen molar-refractivity contribution in [2.45, 2.75) is 25.8 Å². The number of carbonyl (C=O) groups excluding carboxylic acids is 1. The summed E-state index contributed by atoms with van der Waals surface area (Å²) in [6.45, 7) is 6.59. The van der Waals surface area contributed by atoms with Crippen LogP contribution in [0.3, 0.4) is 0 Å². The number of nitrogens with one attached hydrogen (secondary N) is 1. The number of nitrogens with zero attached hydrogens (tertiary/aromatic N) is 2. The van der Waals surface area contributed by atoms with Gasteiger partial charge in [0.15, 0.2) is 0 Å². The first-order valence-corrected chi connectivity index (χ1v) is 10.9. The van der Waals surface area contributed by atoms with E-state index in [2.05, 4.69) is 10.2 Å². The average Bonchev–Trinajstić information content (AvgIpc) is 2.63. The molecule has 1 saturated heterocycles. The summed E-state index contributed by atoms with van der Waals surface area (Å²) < 4.78 is 31.1. The van der Waals surface area contributed by atoms with E-state index in [9.17, 15) is 13.2 Å². The molecule has 26 heavy (non-hydrogen) atoms. The normalized spacial score (nSPS) is 16.8. The molecule has 0 radical (unpaired) electrons. The van der Waals surface area contributed by atoms with Gasteiger partial charge >= 0.3 is 0 Å². The summed E-state index contributed by atoms with van der Waals surface area (Å²) in [6, 6.07) is 8.00. The highest BCUT2D eigenvalue weighted by Gasteiger charge is 2.31. The van der Waals surface area contributed by atoms with Gasteiger partial charge in [-0.05, 0) is 31.5 Å². The second-order valence-corrected chi connectivity index (χ2v) is 8.28. The maximum Gasteiger partial charge on any atom is 0.243 e. The molecule has 1 amide bonds. The standard InChI is InChI=1S/C18H29N3O4S/c1-3-17(21(26(2,23)24)16-8-5-4-6-9-16)18(22)19-10-7-11-20-12-14-25-15-13-20/h4-6,8-9,17H,3,7,10-15H2,1-2H3,(H,19,22). The lowest BCUT2D eigenvalue weighted by Gasteiger charge is -2.30. The highest BCUT2D eigenvalue weighted by atomic mass is 32.2. The minimum absolute atomic E-state index is 0.260. The van der Waals surface area contributed by atoms with Crippen molar-refractivity contribution < 1.29 is 17.9 Å². The van der Waals surface area contributed by atoms with Crippen molar-refractivity contribution >= 4 is 21.6 Å². The van der Waals surface area contributed by atoms with Gasteiger partial charge in [0.1, 0.15) is 6.04 Å². The molecule has 1 N–H and O–H groups in total. The molecule has 1 aliphatic rings. The maximum absolute atomic E-state index is 12.6. The fourth-order valence-corrected chi connectivity index (χ4v) is 4.30. The van der Waals surface area contributed by atoms with Crippen LogP contribution in [0.2, 0.25) is 0 Å². The number of amides is 1. The fraction of sp³-hybridized carbons (Fsp3) is 0.611. The molecule has 1 fully saturated rings. The van der Waals surface area contributed by atoms with E-state index in [0.717, 1.165) is 45.5 Å². The summed E-state index contributed by atoms with van der Waals surface area (Å²) in [6.07, 6.45) is 2.36. The Hall–Kier alpha value is -1.64. The Bertz CT molecular complexity index is 660. The van der Waals surface area contributed by atoms with Crippen LogP contribution in [-0.4, -0.2) is 70.9 Å². The number of hydrogen-bond donors (Lipinski definition) is 1. The SMILES string of the molecule is CCC(C(=O)NCCCN1CCOCC1)N(c1ccccc1)S(C)(=O)=O. The van der Waals surface area contributed by atoms with Gasteiger partial charge in [0.2, 0.25) is 15.9 Å². The van der Waals surface area contributed by atoms with Gasteiger partial charge in [-0.15, -0.1) is 0 Å². The molecule has 0 aromatic heterocycles. The Morgan fingerprint density at radius 2 is 1.92 bits per heavy atom. The minimum Gasteiger partial charge on any atom is -0.379 e. The Kier molecular flexibility index (Phi) is 7.86. The lowest BCUT2D eigenvalue weighted by Crippen LogP contribution is -2.49. The Labute approximate surface area is 156 Å². The van der Waals surface area contributed by atoms with Crippen LogP contribution in [0.1, 0.15) is 19.8 Å². The van der Waals surface area contributed by atoms with E-state index in [0.29, 0.717) is 18.7 Å². The molecule has 2 rings (SSSR count). The molecule has 7 nitrogen and oxygen atoms in total. The number of carbonyl (C=O) groups is 1. The fourth-order valence-electron chi connectivity index (χ4n) is 3.09. The van der Waals surface area contributed by atoms with Gasteiger partial charge in [-0.2, -0.15) is 0 Å². The van der Waals surface area contributed by atoms with E-state index in [1.54, 1.807) is 24.3 Å². The van der Waals surface area contributed by atoms with Crippen LogP contribution in [0.15, 0.2) is 30.3 Å². The third kappa shape index (κ3) is 5.96. The number of rotatable bonds is 9. The Morgan fingerprint density at radius 1 is 1.27 bits per heavy atom. The van der Waals surface area contributed by atoms with Crippen LogP contribution in [0.5, 0.6) is 0 Å². The molecule has 1 atom stereocenters. The Balaban J connectivity index is 1.94. The summed E-state index contributed by atoms with van der Waals surface area (Å²) in [5, 5.41) is 2.89. The lowest BCUT2D eigenvalue weighted by molar-refractivity contribution is -0.122. The number of ether oxygens (including phenoxy) is 1. The van der Waals surface area contributed by atoms with E-state index >= 15 is 0 Å². The number of morpholine rings is 1. The quantitative estimate of drug-likeness (QED) is 0.646. The molecule has 146 valence electrons. The summed E-state index contributed by atoms with van der Waals surface area (Å²) >= 11 is 0. The van der Waals surface area contributed by atoms with E-state index in [-0.39, 0.29) is 5.91 Å². The van der Waals surface area contributed by atoms with Gasteiger partial charge < -0.3 is 10.1 Å². The number of anilines is 1. The van der Waals surface area contributed by atoms with Crippen molar-refractivity contribution in [2.24, 2.45) is 0 Å². The van der Waals surface area contributed by atoms with Gasteiger partial charge in [-0.3, -0.25) is 14.0 Å². The third-order valence-corrected chi connectivity index (χ3v) is 5.57. The molecule has 0 spiro atoms. The van der Waals surface area contributed by atoms with E-state index in [4.69, 9.17) is 4.74 Å². The number of para-hydroxylation sites is 1. The molecule has 0 bridgehead atoms. The molecular weight excluding hydrogens is 354 g/mol. The van der Waals surface area contributed by atoms with E-state index in [1.807, 2.05) is 13.0 Å². The molecule has 1 heterocycles. The first-order valence-electron chi connectivity index (χ1n) is 9.05. The largest absolute Gasteiger partial charge is 0.379 e. The van der Waals surface area contributed by atoms with Gasteiger partial charge in [0, 0.05) is 19.6 Å². The van der Waals surface area contributed by atoms with Crippen LogP contribution in [-0.2, 0) is 19.6 Å². The van der Waals surface area contributed by atoms with Crippen LogP contribution < -0.4 is 9.62 Å². The smallest absolute Gasteiger partial charge is 0.243 e. The predicted molar refractivity (Wildman–Crippen MR) is 103 cm³/mol. The summed E-state index contributed by atoms with van der Waals surface area (Å²) in [7, 11) is -3.57. The highest BCUT2D eigenvalue weighted by molar-refractivity contribution is 7.92.